The van der Waals surface area contributed by atoms with Crippen molar-refractivity contribution >= 4 is 34.7 Å². The summed E-state index contributed by atoms with van der Waals surface area (Å²) in [5.74, 6) is -0.0117. The van der Waals surface area contributed by atoms with Gasteiger partial charge in [0.25, 0.3) is 11.4 Å². The van der Waals surface area contributed by atoms with Crippen molar-refractivity contribution in [2.45, 2.75) is 19.8 Å². The van der Waals surface area contributed by atoms with E-state index in [0.29, 0.717) is 68.9 Å². The quantitative estimate of drug-likeness (QED) is 0.164. The van der Waals surface area contributed by atoms with Gasteiger partial charge in [0.2, 0.25) is 0 Å². The molecule has 0 spiro atoms. The Hall–Kier alpha value is -4.10. The minimum absolute atomic E-state index is 0. The molecular weight excluding hydrogens is 543 g/mol. The molecule has 4 N–H and O–H groups in total. The number of rotatable bonds is 9. The average Bonchev–Trinajstić information content (AvgIpc) is 2.90. The average molecular weight is 574 g/mol. The van der Waals surface area contributed by atoms with Gasteiger partial charge in [-0.25, -0.2) is 0 Å². The molecule has 2 aliphatic rings. The summed E-state index contributed by atoms with van der Waals surface area (Å²) in [5, 5.41) is 30.2. The summed E-state index contributed by atoms with van der Waals surface area (Å²) in [6, 6.07) is 8.80. The first kappa shape index (κ1) is 36.9. The first-order valence-electron chi connectivity index (χ1n) is 11.9. The van der Waals surface area contributed by atoms with Gasteiger partial charge in [-0.05, 0) is 19.1 Å². The number of nitro benzene ring substituents is 2. The number of fused-ring (bicyclic) bond motifs is 2. The number of esters is 1. The van der Waals surface area contributed by atoms with Gasteiger partial charge >= 0.3 is 30.8 Å². The van der Waals surface area contributed by atoms with Gasteiger partial charge in [-0.3, -0.25) is 29.8 Å². The number of hydrogen-bond acceptors (Lipinski definition) is 12. The third-order valence-corrected chi connectivity index (χ3v) is 5.71. The second-order valence-electron chi connectivity index (χ2n) is 8.19. The van der Waals surface area contributed by atoms with Crippen LogP contribution in [0, 0.1) is 20.2 Å². The van der Waals surface area contributed by atoms with Crippen molar-refractivity contribution in [3.8, 4) is 11.5 Å². The van der Waals surface area contributed by atoms with Crippen LogP contribution in [-0.2, 0) is 14.3 Å². The van der Waals surface area contributed by atoms with E-state index in [-0.39, 0.29) is 60.0 Å². The second kappa shape index (κ2) is 17.6. The van der Waals surface area contributed by atoms with E-state index >= 15 is 0 Å². The van der Waals surface area contributed by atoms with Gasteiger partial charge in [-0.15, -0.1) is 0 Å². The molecule has 0 aromatic heterocycles. The minimum Gasteiger partial charge on any atom is -0.870 e. The number of carbonyl (C=O) groups excluding carboxylic acids is 1. The fourth-order valence-electron chi connectivity index (χ4n) is 3.90. The first-order chi connectivity index (χ1) is 18.2. The molecule has 2 aliphatic heterocycles. The third kappa shape index (κ3) is 10.4. The number of hydrogen-bond donors (Lipinski definition) is 1. The standard InChI is InChI=1S/C13H16N2O5.C11H12N2O5.Li.2H2O/c1-2-19-13(16)5-6-14-7-8-20-12-4-3-10(15(17)18)9-11(12)14;14-11(15)3-4-12-5-6-18-10-2-1-8(13(16)17)7-9(10)12;;;/h3-4,9H,2,5-8H2,1H3;1-2,7H,3-6H2,(H,14,15);;2*1H2/q;;+1;;/p-1. The Bertz CT molecular complexity index is 1200. The van der Waals surface area contributed by atoms with Crippen LogP contribution in [0.4, 0.5) is 22.7 Å². The van der Waals surface area contributed by atoms with Gasteiger partial charge in [0.1, 0.15) is 24.7 Å². The summed E-state index contributed by atoms with van der Waals surface area (Å²) in [7, 11) is 0. The molecule has 0 radical (unpaired) electrons. The molecule has 0 bridgehead atoms. The molecule has 2 heterocycles. The summed E-state index contributed by atoms with van der Waals surface area (Å²) >= 11 is 0. The summed E-state index contributed by atoms with van der Waals surface area (Å²) in [5.41, 5.74) is 1.21. The van der Waals surface area contributed by atoms with Gasteiger partial charge in [0.05, 0.1) is 53.8 Å². The molecule has 0 amide bonds. The van der Waals surface area contributed by atoms with Crippen LogP contribution in [0.25, 0.3) is 0 Å². The molecule has 220 valence electrons. The van der Waals surface area contributed by atoms with Crippen LogP contribution in [0.1, 0.15) is 19.8 Å². The fraction of sp³-hybridized carbons (Fsp3) is 0.417. The van der Waals surface area contributed by atoms with Gasteiger partial charge in [-0.2, -0.15) is 0 Å². The van der Waals surface area contributed by atoms with Crippen LogP contribution in [0.5, 0.6) is 11.5 Å². The van der Waals surface area contributed by atoms with Crippen molar-refractivity contribution in [3.05, 3.63) is 56.6 Å². The number of anilines is 2. The second-order valence-corrected chi connectivity index (χ2v) is 8.19. The van der Waals surface area contributed by atoms with E-state index in [1.54, 1.807) is 24.0 Å². The van der Waals surface area contributed by atoms with Crippen LogP contribution < -0.4 is 38.1 Å². The normalized spacial score (nSPS) is 12.5. The fourth-order valence-corrected chi connectivity index (χ4v) is 3.90. The number of carboxylic acid groups (broad SMARTS) is 1. The first-order valence-corrected chi connectivity index (χ1v) is 11.9. The molecule has 0 saturated heterocycles. The Labute approximate surface area is 246 Å². The smallest absolute Gasteiger partial charge is 0.870 e. The van der Waals surface area contributed by atoms with E-state index in [9.17, 15) is 29.8 Å². The van der Waals surface area contributed by atoms with E-state index in [0.717, 1.165) is 0 Å². The predicted molar refractivity (Wildman–Crippen MR) is 141 cm³/mol. The van der Waals surface area contributed by atoms with Gasteiger partial charge < -0.3 is 40.1 Å². The number of nitro groups is 2. The van der Waals surface area contributed by atoms with E-state index in [1.165, 1.54) is 24.3 Å². The number of aliphatic carboxylic acids is 1. The molecule has 17 heteroatoms. The van der Waals surface area contributed by atoms with Crippen molar-refractivity contribution in [3.63, 3.8) is 0 Å². The third-order valence-electron chi connectivity index (χ3n) is 5.71. The number of nitrogens with zero attached hydrogens (tertiary/aromatic N) is 4. The number of benzene rings is 2. The Morgan fingerprint density at radius 3 is 1.73 bits per heavy atom. The minimum atomic E-state index is -0.895. The molecule has 16 nitrogen and oxygen atoms in total. The van der Waals surface area contributed by atoms with E-state index < -0.39 is 15.8 Å². The van der Waals surface area contributed by atoms with Gasteiger partial charge in [0, 0.05) is 37.4 Å². The van der Waals surface area contributed by atoms with Crippen LogP contribution in [0.3, 0.4) is 0 Å². The topological polar surface area (TPSA) is 236 Å². The molecule has 0 unspecified atom stereocenters. The molecule has 2 aromatic rings. The maximum Gasteiger partial charge on any atom is 1.00 e. The molecule has 0 aliphatic carbocycles. The Balaban J connectivity index is 0.000000730. The maximum absolute atomic E-state index is 11.4. The van der Waals surface area contributed by atoms with E-state index in [2.05, 4.69) is 0 Å². The van der Waals surface area contributed by atoms with Crippen LogP contribution in [0.2, 0.25) is 0 Å². The van der Waals surface area contributed by atoms with E-state index in [1.807, 2.05) is 4.90 Å². The van der Waals surface area contributed by atoms with Crippen LogP contribution in [0.15, 0.2) is 36.4 Å². The zero-order valence-electron chi connectivity index (χ0n) is 22.7. The van der Waals surface area contributed by atoms with Crippen molar-refractivity contribution in [1.82, 2.24) is 0 Å². The SMILES string of the molecule is CCOC(=O)CCN1CCOc2ccc([N+](=O)[O-])cc21.O.O=C(O)CCN1CCOc2ccc([N+](=O)[O-])cc21.[Li+].[OH-]. The molecule has 0 saturated carbocycles. The number of carbonyl (C=O) groups is 2. The van der Waals surface area contributed by atoms with Crippen LogP contribution >= 0.6 is 0 Å². The molecular formula is C24H31LiN4O12. The number of ether oxygens (including phenoxy) is 3. The monoisotopic (exact) mass is 574 g/mol. The van der Waals surface area contributed by atoms with Crippen molar-refractivity contribution in [2.75, 3.05) is 55.8 Å². The molecule has 4 rings (SSSR count). The summed E-state index contributed by atoms with van der Waals surface area (Å²) in [4.78, 5) is 46.2. The van der Waals surface area contributed by atoms with Crippen molar-refractivity contribution in [1.29, 1.82) is 0 Å². The van der Waals surface area contributed by atoms with E-state index in [4.69, 9.17) is 19.3 Å². The predicted octanol–water partition coefficient (Wildman–Crippen LogP) is -0.982. The van der Waals surface area contributed by atoms with Gasteiger partial charge in [0.15, 0.2) is 0 Å². The largest absolute Gasteiger partial charge is 1.00 e. The zero-order chi connectivity index (χ0) is 27.7. The van der Waals surface area contributed by atoms with Gasteiger partial charge in [-0.1, -0.05) is 0 Å². The summed E-state index contributed by atoms with van der Waals surface area (Å²) in [6.07, 6.45) is 0.234. The summed E-state index contributed by atoms with van der Waals surface area (Å²) < 4.78 is 15.7. The molecule has 0 fully saturated rings. The van der Waals surface area contributed by atoms with Crippen LogP contribution in [-0.4, -0.2) is 83.8 Å². The van der Waals surface area contributed by atoms with Crippen molar-refractivity contribution in [2.24, 2.45) is 0 Å². The Morgan fingerprint density at radius 2 is 1.34 bits per heavy atom. The maximum atomic E-state index is 11.4. The molecule has 41 heavy (non-hydrogen) atoms. The molecule has 0 atom stereocenters. The summed E-state index contributed by atoms with van der Waals surface area (Å²) in [6.45, 7) is 4.94. The number of non-ortho nitro benzene ring substituents is 2. The van der Waals surface area contributed by atoms with Crippen molar-refractivity contribution < 1.29 is 68.6 Å². The Kier molecular flexibility index (Phi) is 15.8. The number of carboxylic acids is 1. The molecule has 2 aromatic carbocycles. The zero-order valence-corrected chi connectivity index (χ0v) is 22.7. The Morgan fingerprint density at radius 1 is 0.902 bits per heavy atom.